The van der Waals surface area contributed by atoms with E-state index in [2.05, 4.69) is 27.9 Å². The van der Waals surface area contributed by atoms with Crippen LogP contribution in [-0.2, 0) is 0 Å². The van der Waals surface area contributed by atoms with Crippen LogP contribution in [0.15, 0.2) is 48.5 Å². The highest BCUT2D eigenvalue weighted by molar-refractivity contribution is 14.1. The van der Waals surface area contributed by atoms with Crippen LogP contribution in [0.4, 0.5) is 0 Å². The van der Waals surface area contributed by atoms with Gasteiger partial charge in [-0.25, -0.2) is 0 Å². The standard InChI is InChI=1S/C18H20INO3/c1-12(2)23-16-5-3-4-14(10-16)17(21)11-20-18(22)13-6-8-15(19)9-7-13/h3-10,12,17,21H,11H2,1-2H3,(H,20,22). The van der Waals surface area contributed by atoms with Gasteiger partial charge in [0.25, 0.3) is 5.91 Å². The highest BCUT2D eigenvalue weighted by atomic mass is 127. The molecule has 0 bridgehead atoms. The van der Waals surface area contributed by atoms with Crippen LogP contribution in [-0.4, -0.2) is 23.7 Å². The van der Waals surface area contributed by atoms with Gasteiger partial charge in [0, 0.05) is 15.7 Å². The van der Waals surface area contributed by atoms with Gasteiger partial charge in [0.05, 0.1) is 12.2 Å². The molecule has 0 aliphatic carbocycles. The van der Waals surface area contributed by atoms with Crippen LogP contribution < -0.4 is 10.1 Å². The minimum absolute atomic E-state index is 0.0722. The predicted octanol–water partition coefficient (Wildman–Crippen LogP) is 3.54. The summed E-state index contributed by atoms with van der Waals surface area (Å²) in [6.07, 6.45) is -0.707. The molecule has 0 aromatic heterocycles. The Morgan fingerprint density at radius 1 is 1.22 bits per heavy atom. The summed E-state index contributed by atoms with van der Waals surface area (Å²) in [6.45, 7) is 4.05. The number of amides is 1. The number of ether oxygens (including phenoxy) is 1. The average molecular weight is 425 g/mol. The lowest BCUT2D eigenvalue weighted by molar-refractivity contribution is 0.0916. The summed E-state index contributed by atoms with van der Waals surface area (Å²) in [7, 11) is 0. The number of nitrogens with one attached hydrogen (secondary N) is 1. The van der Waals surface area contributed by atoms with E-state index in [0.717, 1.165) is 3.57 Å². The average Bonchev–Trinajstić information content (AvgIpc) is 2.52. The van der Waals surface area contributed by atoms with Crippen LogP contribution in [0.1, 0.15) is 35.9 Å². The van der Waals surface area contributed by atoms with E-state index in [-0.39, 0.29) is 18.6 Å². The molecule has 0 radical (unpaired) electrons. The second kappa shape index (κ2) is 8.31. The van der Waals surface area contributed by atoms with Gasteiger partial charge in [-0.2, -0.15) is 0 Å². The van der Waals surface area contributed by atoms with Crippen molar-refractivity contribution in [1.29, 1.82) is 0 Å². The predicted molar refractivity (Wildman–Crippen MR) is 98.7 cm³/mol. The molecule has 122 valence electrons. The number of halogens is 1. The molecular formula is C18H20INO3. The lowest BCUT2D eigenvalue weighted by Crippen LogP contribution is -2.28. The summed E-state index contributed by atoms with van der Waals surface area (Å²) in [5, 5.41) is 13.0. The second-order valence-electron chi connectivity index (χ2n) is 5.47. The van der Waals surface area contributed by atoms with Gasteiger partial charge in [0.2, 0.25) is 0 Å². The fourth-order valence-corrected chi connectivity index (χ4v) is 2.44. The van der Waals surface area contributed by atoms with Crippen molar-refractivity contribution in [3.05, 3.63) is 63.2 Å². The molecule has 0 heterocycles. The van der Waals surface area contributed by atoms with Crippen LogP contribution in [0.3, 0.4) is 0 Å². The number of benzene rings is 2. The Hall–Kier alpha value is -1.60. The summed E-state index contributed by atoms with van der Waals surface area (Å²) in [5.74, 6) is 0.510. The maximum atomic E-state index is 12.1. The van der Waals surface area contributed by atoms with Gasteiger partial charge in [-0.05, 0) is 78.4 Å². The molecule has 23 heavy (non-hydrogen) atoms. The van der Waals surface area contributed by atoms with Crippen molar-refractivity contribution in [2.24, 2.45) is 0 Å². The molecule has 2 aromatic carbocycles. The summed E-state index contributed by atoms with van der Waals surface area (Å²) in [5.41, 5.74) is 1.29. The summed E-state index contributed by atoms with van der Waals surface area (Å²) in [4.78, 5) is 12.1. The Bertz CT molecular complexity index is 656. The zero-order valence-corrected chi connectivity index (χ0v) is 15.3. The van der Waals surface area contributed by atoms with Gasteiger partial charge in [0.1, 0.15) is 5.75 Å². The van der Waals surface area contributed by atoms with Gasteiger partial charge in [-0.3, -0.25) is 4.79 Å². The molecule has 2 rings (SSSR count). The summed E-state index contributed by atoms with van der Waals surface area (Å²) < 4.78 is 6.68. The van der Waals surface area contributed by atoms with Crippen LogP contribution in [0.2, 0.25) is 0 Å². The van der Waals surface area contributed by atoms with E-state index in [9.17, 15) is 9.90 Å². The molecule has 1 amide bonds. The van der Waals surface area contributed by atoms with Gasteiger partial charge < -0.3 is 15.2 Å². The Morgan fingerprint density at radius 2 is 1.91 bits per heavy atom. The van der Waals surface area contributed by atoms with Crippen molar-refractivity contribution < 1.29 is 14.6 Å². The van der Waals surface area contributed by atoms with Crippen LogP contribution in [0, 0.1) is 3.57 Å². The first kappa shape index (κ1) is 17.7. The van der Waals surface area contributed by atoms with Crippen molar-refractivity contribution >= 4 is 28.5 Å². The molecule has 1 unspecified atom stereocenters. The molecule has 4 nitrogen and oxygen atoms in total. The third-order valence-electron chi connectivity index (χ3n) is 3.18. The third kappa shape index (κ3) is 5.51. The van der Waals surface area contributed by atoms with E-state index in [1.165, 1.54) is 0 Å². The maximum absolute atomic E-state index is 12.1. The van der Waals surface area contributed by atoms with Crippen LogP contribution >= 0.6 is 22.6 Å². The number of hydrogen-bond acceptors (Lipinski definition) is 3. The zero-order valence-electron chi connectivity index (χ0n) is 13.1. The molecule has 0 saturated heterocycles. The molecule has 2 aromatic rings. The first-order chi connectivity index (χ1) is 11.0. The maximum Gasteiger partial charge on any atom is 0.251 e. The Kier molecular flexibility index (Phi) is 6.41. The lowest BCUT2D eigenvalue weighted by Gasteiger charge is -2.15. The minimum atomic E-state index is -0.779. The van der Waals surface area contributed by atoms with Gasteiger partial charge >= 0.3 is 0 Å². The SMILES string of the molecule is CC(C)Oc1cccc(C(O)CNC(=O)c2ccc(I)cc2)c1. The molecule has 0 aliphatic heterocycles. The smallest absolute Gasteiger partial charge is 0.251 e. The van der Waals surface area contributed by atoms with Crippen molar-refractivity contribution in [2.45, 2.75) is 26.1 Å². The highest BCUT2D eigenvalue weighted by Gasteiger charge is 2.12. The van der Waals surface area contributed by atoms with Gasteiger partial charge in [0.15, 0.2) is 0 Å². The zero-order chi connectivity index (χ0) is 16.8. The topological polar surface area (TPSA) is 58.6 Å². The van der Waals surface area contributed by atoms with E-state index in [1.54, 1.807) is 18.2 Å². The second-order valence-corrected chi connectivity index (χ2v) is 6.72. The monoisotopic (exact) mass is 425 g/mol. The van der Waals surface area contributed by atoms with Gasteiger partial charge in [-0.1, -0.05) is 12.1 Å². The number of carbonyl (C=O) groups is 1. The van der Waals surface area contributed by atoms with Crippen LogP contribution in [0.25, 0.3) is 0 Å². The van der Waals surface area contributed by atoms with E-state index in [1.807, 2.05) is 44.2 Å². The van der Waals surface area contributed by atoms with Crippen molar-refractivity contribution in [1.82, 2.24) is 5.32 Å². The third-order valence-corrected chi connectivity index (χ3v) is 3.90. The van der Waals surface area contributed by atoms with Gasteiger partial charge in [-0.15, -0.1) is 0 Å². The molecule has 0 saturated carbocycles. The molecule has 5 heteroatoms. The number of rotatable bonds is 6. The number of carbonyl (C=O) groups excluding carboxylic acids is 1. The van der Waals surface area contributed by atoms with E-state index >= 15 is 0 Å². The quantitative estimate of drug-likeness (QED) is 0.697. The molecule has 0 spiro atoms. The van der Waals surface area contributed by atoms with E-state index in [4.69, 9.17) is 4.74 Å². The first-order valence-corrected chi connectivity index (χ1v) is 8.52. The molecular weight excluding hydrogens is 405 g/mol. The minimum Gasteiger partial charge on any atom is -0.491 e. The molecule has 2 N–H and O–H groups in total. The number of aliphatic hydroxyl groups is 1. The Balaban J connectivity index is 1.95. The Morgan fingerprint density at radius 3 is 2.57 bits per heavy atom. The largest absolute Gasteiger partial charge is 0.491 e. The van der Waals surface area contributed by atoms with Crippen molar-refractivity contribution in [3.63, 3.8) is 0 Å². The van der Waals surface area contributed by atoms with Crippen molar-refractivity contribution in [2.75, 3.05) is 6.54 Å². The normalized spacial score (nSPS) is 12.0. The highest BCUT2D eigenvalue weighted by Crippen LogP contribution is 2.20. The summed E-state index contributed by atoms with van der Waals surface area (Å²) in [6, 6.07) is 14.6. The fraction of sp³-hybridized carbons (Fsp3) is 0.278. The summed E-state index contributed by atoms with van der Waals surface area (Å²) >= 11 is 2.19. The van der Waals surface area contributed by atoms with E-state index in [0.29, 0.717) is 16.9 Å². The molecule has 1 atom stereocenters. The Labute approximate surface area is 150 Å². The fourth-order valence-electron chi connectivity index (χ4n) is 2.08. The van der Waals surface area contributed by atoms with Crippen LogP contribution in [0.5, 0.6) is 5.75 Å². The first-order valence-electron chi connectivity index (χ1n) is 7.44. The molecule has 0 fully saturated rings. The number of aliphatic hydroxyl groups excluding tert-OH is 1. The van der Waals surface area contributed by atoms with E-state index < -0.39 is 6.10 Å². The molecule has 0 aliphatic rings. The lowest BCUT2D eigenvalue weighted by atomic mass is 10.1. The number of hydrogen-bond donors (Lipinski definition) is 2. The van der Waals surface area contributed by atoms with Crippen molar-refractivity contribution in [3.8, 4) is 5.75 Å².